The molecule has 29 heavy (non-hydrogen) atoms. The Kier molecular flexibility index (Phi) is 7.58. The maximum absolute atomic E-state index is 12.4. The third-order valence-electron chi connectivity index (χ3n) is 5.59. The molecule has 7 heteroatoms. The second-order valence-corrected chi connectivity index (χ2v) is 8.87. The van der Waals surface area contributed by atoms with Crippen LogP contribution in [0.3, 0.4) is 0 Å². The van der Waals surface area contributed by atoms with Gasteiger partial charge in [-0.25, -0.2) is 0 Å². The van der Waals surface area contributed by atoms with Crippen LogP contribution in [-0.2, 0) is 17.9 Å². The van der Waals surface area contributed by atoms with Gasteiger partial charge in [0.25, 0.3) is 0 Å². The molecule has 0 unspecified atom stereocenters. The Labute approximate surface area is 177 Å². The van der Waals surface area contributed by atoms with Gasteiger partial charge in [0.1, 0.15) is 12.4 Å². The van der Waals surface area contributed by atoms with Gasteiger partial charge in [-0.3, -0.25) is 4.79 Å². The molecule has 0 saturated heterocycles. The first-order valence-corrected chi connectivity index (χ1v) is 11.5. The number of hydrogen-bond acceptors (Lipinski definition) is 5. The number of carbonyl (C=O) groups excluding carboxylic acids is 1. The summed E-state index contributed by atoms with van der Waals surface area (Å²) < 4.78 is 7.98. The number of nitrogens with zero attached hydrogens (tertiary/aromatic N) is 3. The summed E-state index contributed by atoms with van der Waals surface area (Å²) in [7, 11) is 0. The van der Waals surface area contributed by atoms with Crippen molar-refractivity contribution in [1.82, 2.24) is 20.1 Å². The predicted molar refractivity (Wildman–Crippen MR) is 116 cm³/mol. The summed E-state index contributed by atoms with van der Waals surface area (Å²) in [5.74, 6) is 2.63. The normalized spacial score (nSPS) is 19.2. The summed E-state index contributed by atoms with van der Waals surface area (Å²) in [6.07, 6.45) is 4.76. The fraction of sp³-hybridized carbons (Fsp3) is 0.591. The maximum Gasteiger partial charge on any atom is 0.230 e. The number of ether oxygens (including phenoxy) is 1. The van der Waals surface area contributed by atoms with Crippen LogP contribution in [0, 0.1) is 19.8 Å². The van der Waals surface area contributed by atoms with Crippen molar-refractivity contribution in [3.8, 4) is 5.75 Å². The van der Waals surface area contributed by atoms with Crippen LogP contribution < -0.4 is 10.1 Å². The summed E-state index contributed by atoms with van der Waals surface area (Å²) in [4.78, 5) is 12.4. The minimum atomic E-state index is 0.0764. The lowest BCUT2D eigenvalue weighted by molar-refractivity contribution is -0.119. The molecule has 1 aromatic carbocycles. The highest BCUT2D eigenvalue weighted by Crippen LogP contribution is 2.25. The van der Waals surface area contributed by atoms with E-state index in [9.17, 15) is 4.79 Å². The second kappa shape index (κ2) is 10.1. The topological polar surface area (TPSA) is 69.0 Å². The molecular weight excluding hydrogens is 384 g/mol. The average molecular weight is 417 g/mol. The van der Waals surface area contributed by atoms with Crippen molar-refractivity contribution < 1.29 is 9.53 Å². The standard InChI is InChI=1S/C22H32N4O2S/c1-5-26-20(13-28-19-11-10-15(2)12-17(19)4)24-25-22(26)29-14-21(27)23-18-9-7-6-8-16(18)3/h10-12,16,18H,5-9,13-14H2,1-4H3,(H,23,27)/t16-,18-/m0/s1. The van der Waals surface area contributed by atoms with E-state index in [4.69, 9.17) is 4.74 Å². The maximum atomic E-state index is 12.4. The van der Waals surface area contributed by atoms with Crippen LogP contribution in [-0.4, -0.2) is 32.5 Å². The zero-order valence-electron chi connectivity index (χ0n) is 17.9. The van der Waals surface area contributed by atoms with Crippen molar-refractivity contribution in [2.75, 3.05) is 5.75 Å². The van der Waals surface area contributed by atoms with Crippen molar-refractivity contribution in [2.45, 2.75) is 77.7 Å². The number of carbonyl (C=O) groups is 1. The molecule has 6 nitrogen and oxygen atoms in total. The van der Waals surface area contributed by atoms with E-state index in [1.54, 1.807) is 0 Å². The molecule has 1 heterocycles. The Balaban J connectivity index is 1.55. The van der Waals surface area contributed by atoms with E-state index in [-0.39, 0.29) is 5.91 Å². The van der Waals surface area contributed by atoms with Gasteiger partial charge in [-0.05, 0) is 51.2 Å². The highest BCUT2D eigenvalue weighted by Gasteiger charge is 2.23. The number of hydrogen-bond donors (Lipinski definition) is 1. The monoisotopic (exact) mass is 416 g/mol. The van der Waals surface area contributed by atoms with E-state index in [2.05, 4.69) is 42.4 Å². The summed E-state index contributed by atoms with van der Waals surface area (Å²) in [6, 6.07) is 6.44. The van der Waals surface area contributed by atoms with Crippen LogP contribution in [0.25, 0.3) is 0 Å². The number of benzene rings is 1. The van der Waals surface area contributed by atoms with Crippen molar-refractivity contribution in [2.24, 2.45) is 5.92 Å². The average Bonchev–Trinajstić information content (AvgIpc) is 3.09. The van der Waals surface area contributed by atoms with E-state index >= 15 is 0 Å². The van der Waals surface area contributed by atoms with E-state index < -0.39 is 0 Å². The van der Waals surface area contributed by atoms with Crippen LogP contribution in [0.15, 0.2) is 23.4 Å². The van der Waals surface area contributed by atoms with Gasteiger partial charge >= 0.3 is 0 Å². The molecule has 0 aliphatic heterocycles. The van der Waals surface area contributed by atoms with Gasteiger partial charge in [0.15, 0.2) is 11.0 Å². The fourth-order valence-corrected chi connectivity index (χ4v) is 4.70. The lowest BCUT2D eigenvalue weighted by atomic mass is 9.86. The van der Waals surface area contributed by atoms with E-state index in [1.165, 1.54) is 36.6 Å². The highest BCUT2D eigenvalue weighted by atomic mass is 32.2. The Morgan fingerprint density at radius 1 is 1.28 bits per heavy atom. The highest BCUT2D eigenvalue weighted by molar-refractivity contribution is 7.99. The van der Waals surface area contributed by atoms with Crippen molar-refractivity contribution in [3.63, 3.8) is 0 Å². The molecule has 1 aliphatic carbocycles. The van der Waals surface area contributed by atoms with Gasteiger partial charge in [-0.2, -0.15) is 0 Å². The number of nitrogens with one attached hydrogen (secondary N) is 1. The first-order valence-electron chi connectivity index (χ1n) is 10.5. The van der Waals surface area contributed by atoms with Crippen LogP contribution in [0.2, 0.25) is 0 Å². The van der Waals surface area contributed by atoms with Gasteiger partial charge in [0.05, 0.1) is 5.75 Å². The number of amides is 1. The predicted octanol–water partition coefficient (Wildman–Crippen LogP) is 4.28. The quantitative estimate of drug-likeness (QED) is 0.651. The summed E-state index contributed by atoms with van der Waals surface area (Å²) in [5.41, 5.74) is 2.32. The molecule has 158 valence electrons. The zero-order valence-corrected chi connectivity index (χ0v) is 18.7. The van der Waals surface area contributed by atoms with Crippen molar-refractivity contribution >= 4 is 17.7 Å². The number of aryl methyl sites for hydroxylation is 2. The number of rotatable bonds is 8. The lowest BCUT2D eigenvalue weighted by Gasteiger charge is -2.29. The molecule has 0 radical (unpaired) electrons. The minimum Gasteiger partial charge on any atom is -0.485 e. The Bertz CT molecular complexity index is 836. The zero-order chi connectivity index (χ0) is 20.8. The second-order valence-electron chi connectivity index (χ2n) is 7.93. The van der Waals surface area contributed by atoms with Gasteiger partial charge in [0, 0.05) is 12.6 Å². The number of thioether (sulfide) groups is 1. The van der Waals surface area contributed by atoms with Gasteiger partial charge in [0.2, 0.25) is 5.91 Å². The molecule has 0 bridgehead atoms. The molecule has 1 N–H and O–H groups in total. The first-order chi connectivity index (χ1) is 14.0. The Morgan fingerprint density at radius 3 is 2.79 bits per heavy atom. The van der Waals surface area contributed by atoms with E-state index in [1.807, 2.05) is 23.6 Å². The van der Waals surface area contributed by atoms with Crippen LogP contribution in [0.4, 0.5) is 0 Å². The molecule has 2 atom stereocenters. The molecule has 2 aromatic rings. The van der Waals surface area contributed by atoms with E-state index in [0.717, 1.165) is 35.3 Å². The van der Waals surface area contributed by atoms with Crippen LogP contribution >= 0.6 is 11.8 Å². The molecule has 1 aromatic heterocycles. The van der Waals surface area contributed by atoms with Crippen molar-refractivity contribution in [3.05, 3.63) is 35.2 Å². The largest absolute Gasteiger partial charge is 0.485 e. The third kappa shape index (κ3) is 5.75. The van der Waals surface area contributed by atoms with Crippen LogP contribution in [0.1, 0.15) is 56.5 Å². The minimum absolute atomic E-state index is 0.0764. The summed E-state index contributed by atoms with van der Waals surface area (Å²) >= 11 is 1.44. The molecule has 1 saturated carbocycles. The molecular formula is C22H32N4O2S. The molecule has 3 rings (SSSR count). The third-order valence-corrected chi connectivity index (χ3v) is 6.55. The van der Waals surface area contributed by atoms with Crippen molar-refractivity contribution in [1.29, 1.82) is 0 Å². The fourth-order valence-electron chi connectivity index (χ4n) is 3.86. The van der Waals surface area contributed by atoms with Gasteiger partial charge in [-0.1, -0.05) is 49.2 Å². The summed E-state index contributed by atoms with van der Waals surface area (Å²) in [6.45, 7) is 9.49. The lowest BCUT2D eigenvalue weighted by Crippen LogP contribution is -2.41. The number of aromatic nitrogens is 3. The Morgan fingerprint density at radius 2 is 2.07 bits per heavy atom. The Hall–Kier alpha value is -2.02. The van der Waals surface area contributed by atoms with Crippen LogP contribution in [0.5, 0.6) is 5.75 Å². The first kappa shape index (κ1) is 21.7. The van der Waals surface area contributed by atoms with Gasteiger partial charge in [-0.15, -0.1) is 10.2 Å². The summed E-state index contributed by atoms with van der Waals surface area (Å²) in [5, 5.41) is 12.5. The van der Waals surface area contributed by atoms with Gasteiger partial charge < -0.3 is 14.6 Å². The smallest absolute Gasteiger partial charge is 0.230 e. The molecule has 1 amide bonds. The van der Waals surface area contributed by atoms with E-state index in [0.29, 0.717) is 24.3 Å². The molecule has 1 aliphatic rings. The molecule has 0 spiro atoms. The SMILES string of the molecule is CCn1c(COc2ccc(C)cc2C)nnc1SCC(=O)N[C@H]1CCCC[C@@H]1C. The molecule has 1 fully saturated rings.